The second-order valence-corrected chi connectivity index (χ2v) is 18.8. The van der Waals surface area contributed by atoms with E-state index in [2.05, 4.69) is 27.3 Å². The molecule has 0 bridgehead atoms. The number of alkyl carbamates (subject to hydrolysis) is 1. The Bertz CT molecular complexity index is 2400. The van der Waals surface area contributed by atoms with Crippen molar-refractivity contribution in [2.45, 2.75) is 100.0 Å². The van der Waals surface area contributed by atoms with Crippen LogP contribution in [0.2, 0.25) is 0 Å². The first-order valence-electron chi connectivity index (χ1n) is 20.4. The molecule has 2 aliphatic carbocycles. The fraction of sp³-hybridized carbons (Fsp3) is 0.465. The molecule has 6 atom stereocenters. The number of rotatable bonds is 15. The van der Waals surface area contributed by atoms with Crippen LogP contribution < -0.4 is 30.1 Å². The number of hydrogen-bond donors (Lipinski definition) is 4. The quantitative estimate of drug-likeness (QED) is 0.127. The third-order valence-electron chi connectivity index (χ3n) is 11.1. The van der Waals surface area contributed by atoms with Gasteiger partial charge in [0.2, 0.25) is 21.8 Å². The molecule has 4 N–H and O–H groups in total. The summed E-state index contributed by atoms with van der Waals surface area (Å²) in [5, 5.41) is 7.74. The summed E-state index contributed by atoms with van der Waals surface area (Å²) in [6, 6.07) is 13.6. The fourth-order valence-corrected chi connectivity index (χ4v) is 8.97. The van der Waals surface area contributed by atoms with Gasteiger partial charge in [0.25, 0.3) is 11.8 Å². The maximum Gasteiger partial charge on any atom is 0.408 e. The highest BCUT2D eigenvalue weighted by Gasteiger charge is 2.62. The van der Waals surface area contributed by atoms with E-state index >= 15 is 0 Å². The first-order valence-corrected chi connectivity index (χ1v) is 21.9. The third kappa shape index (κ3) is 9.77. The predicted octanol–water partition coefficient (Wildman–Crippen LogP) is 2.64. The van der Waals surface area contributed by atoms with Crippen LogP contribution in [-0.2, 0) is 43.5 Å². The molecule has 2 saturated heterocycles. The highest BCUT2D eigenvalue weighted by atomic mass is 32.2. The lowest BCUT2D eigenvalue weighted by Crippen LogP contribution is -2.60. The van der Waals surface area contributed by atoms with Gasteiger partial charge in [-0.3, -0.25) is 28.7 Å². The van der Waals surface area contributed by atoms with Gasteiger partial charge in [0.1, 0.15) is 40.8 Å². The van der Waals surface area contributed by atoms with Gasteiger partial charge in [0, 0.05) is 54.8 Å². The molecule has 7 rings (SSSR count). The summed E-state index contributed by atoms with van der Waals surface area (Å²) in [5.74, 6) is -3.44. The van der Waals surface area contributed by atoms with Gasteiger partial charge in [-0.25, -0.2) is 18.2 Å². The summed E-state index contributed by atoms with van der Waals surface area (Å²) >= 11 is 0. The lowest BCUT2D eigenvalue weighted by molar-refractivity contribution is -0.148. The number of carbonyl (C=O) groups is 6. The van der Waals surface area contributed by atoms with Crippen molar-refractivity contribution in [3.8, 4) is 22.8 Å². The maximum absolute atomic E-state index is 14.8. The van der Waals surface area contributed by atoms with Crippen molar-refractivity contribution >= 4 is 56.6 Å². The zero-order chi connectivity index (χ0) is 44.6. The van der Waals surface area contributed by atoms with Crippen molar-refractivity contribution in [1.29, 1.82) is 0 Å². The molecular weight excluding hydrogens is 825 g/mol. The van der Waals surface area contributed by atoms with Gasteiger partial charge in [-0.05, 0) is 52.2 Å². The molecule has 2 aliphatic heterocycles. The van der Waals surface area contributed by atoms with E-state index in [1.807, 2.05) is 30.3 Å². The summed E-state index contributed by atoms with van der Waals surface area (Å²) in [5.41, 5.74) is -0.728. The smallest absolute Gasteiger partial charge is 0.408 e. The minimum Gasteiger partial charge on any atom is -0.497 e. The van der Waals surface area contributed by atoms with Gasteiger partial charge in [-0.15, -0.1) is 6.58 Å². The van der Waals surface area contributed by atoms with Gasteiger partial charge in [0.05, 0.1) is 30.1 Å². The van der Waals surface area contributed by atoms with Crippen molar-refractivity contribution in [3.05, 3.63) is 67.3 Å². The highest BCUT2D eigenvalue weighted by molar-refractivity contribution is 7.91. The number of sulfonamides is 1. The van der Waals surface area contributed by atoms with Crippen molar-refractivity contribution in [2.24, 2.45) is 5.92 Å². The molecule has 5 amide bonds. The minimum absolute atomic E-state index is 0.0362. The molecule has 4 aliphatic rings. The maximum atomic E-state index is 14.8. The Labute approximate surface area is 358 Å². The number of hydrogen-bond acceptors (Lipinski definition) is 13. The first-order chi connectivity index (χ1) is 29.4. The van der Waals surface area contributed by atoms with E-state index in [4.69, 9.17) is 23.9 Å². The van der Waals surface area contributed by atoms with E-state index < -0.39 is 98.9 Å². The standard InChI is InChI=1S/C43H50N6O12S/c1-6-25-21-43(25,40(54)48-62(56,57)28-13-14-28)47-37(51)33-19-27(59-35-20-30(24-10-8-7-9-11-24)45-31-18-26(58-5)12-15-29(31)35)23-49(33)39(53)32(46-41(55)61-42(2,3)4)22-44-38(52)34-16-17-36(50)60-34/h6-12,15,18,20,25,27-28,32-34H,1,13-14,16-17,19,21-23H2,2-5H3,(H,44,52)(H,46,55)(H,47,51)(H,48,54)/t25?,27?,32-,33-,34-,43+/m0/s1. The van der Waals surface area contributed by atoms with E-state index in [0.717, 1.165) is 5.56 Å². The zero-order valence-corrected chi connectivity index (χ0v) is 35.6. The van der Waals surface area contributed by atoms with Crippen LogP contribution in [0.4, 0.5) is 4.79 Å². The normalized spacial score (nSPS) is 23.7. The Morgan fingerprint density at radius 2 is 1.79 bits per heavy atom. The molecule has 1 aromatic heterocycles. The van der Waals surface area contributed by atoms with Gasteiger partial charge >= 0.3 is 12.1 Å². The first kappa shape index (κ1) is 43.8. The molecule has 3 heterocycles. The number of methoxy groups -OCH3 is 1. The van der Waals surface area contributed by atoms with Crippen LogP contribution in [0.25, 0.3) is 22.2 Å². The number of ether oxygens (including phenoxy) is 4. The highest BCUT2D eigenvalue weighted by Crippen LogP contribution is 2.45. The van der Waals surface area contributed by atoms with E-state index in [-0.39, 0.29) is 32.2 Å². The van der Waals surface area contributed by atoms with Crippen LogP contribution in [0.1, 0.15) is 59.3 Å². The number of nitrogens with zero attached hydrogens (tertiary/aromatic N) is 2. The Kier molecular flexibility index (Phi) is 12.2. The molecule has 18 nitrogen and oxygen atoms in total. The monoisotopic (exact) mass is 874 g/mol. The lowest BCUT2D eigenvalue weighted by Gasteiger charge is -2.30. The van der Waals surface area contributed by atoms with Crippen molar-refractivity contribution in [2.75, 3.05) is 20.2 Å². The van der Waals surface area contributed by atoms with Gasteiger partial charge in [-0.2, -0.15) is 0 Å². The molecule has 0 spiro atoms. The van der Waals surface area contributed by atoms with Crippen LogP contribution in [0.5, 0.6) is 11.5 Å². The number of nitrogens with one attached hydrogen (secondary N) is 4. The summed E-state index contributed by atoms with van der Waals surface area (Å²) in [4.78, 5) is 86.9. The van der Waals surface area contributed by atoms with Gasteiger partial charge in [-0.1, -0.05) is 36.4 Å². The molecule has 2 aromatic carbocycles. The van der Waals surface area contributed by atoms with Gasteiger partial charge < -0.3 is 39.8 Å². The lowest BCUT2D eigenvalue weighted by atomic mass is 10.1. The Morgan fingerprint density at radius 1 is 1.05 bits per heavy atom. The summed E-state index contributed by atoms with van der Waals surface area (Å²) in [7, 11) is -2.45. The molecule has 2 saturated carbocycles. The number of aromatic nitrogens is 1. The second kappa shape index (κ2) is 17.3. The van der Waals surface area contributed by atoms with E-state index in [1.165, 1.54) is 18.1 Å². The molecule has 2 unspecified atom stereocenters. The number of pyridine rings is 1. The number of likely N-dealkylation sites (tertiary alicyclic amines) is 1. The molecule has 330 valence electrons. The molecule has 19 heteroatoms. The van der Waals surface area contributed by atoms with E-state index in [9.17, 15) is 37.2 Å². The molecule has 4 fully saturated rings. The van der Waals surface area contributed by atoms with Crippen LogP contribution >= 0.6 is 0 Å². The van der Waals surface area contributed by atoms with Crippen molar-refractivity contribution in [3.63, 3.8) is 0 Å². The number of benzene rings is 2. The summed E-state index contributed by atoms with van der Waals surface area (Å²) in [6.07, 6.45) is -0.574. The molecular formula is C43H50N6O12S. The van der Waals surface area contributed by atoms with E-state index in [1.54, 1.807) is 45.0 Å². The number of amides is 5. The van der Waals surface area contributed by atoms with Crippen molar-refractivity contribution in [1.82, 2.24) is 30.6 Å². The van der Waals surface area contributed by atoms with Crippen LogP contribution in [0.3, 0.4) is 0 Å². The minimum atomic E-state index is -3.99. The zero-order valence-electron chi connectivity index (χ0n) is 34.8. The Morgan fingerprint density at radius 3 is 2.42 bits per heavy atom. The van der Waals surface area contributed by atoms with E-state index in [0.29, 0.717) is 40.9 Å². The number of carbonyl (C=O) groups excluding carboxylic acids is 6. The van der Waals surface area contributed by atoms with Crippen LogP contribution in [-0.4, -0.2) is 115 Å². The topological polar surface area (TPSA) is 238 Å². The average Bonchev–Trinajstić information content (AvgIpc) is 4.13. The van der Waals surface area contributed by atoms with Crippen LogP contribution in [0, 0.1) is 5.92 Å². The SMILES string of the molecule is C=CC1C[C@]1(NC(=O)[C@@H]1CC(Oc2cc(-c3ccccc3)nc3cc(OC)ccc23)CN1C(=O)[C@H](CNC(=O)[C@@H]1CCC(=O)O1)NC(=O)OC(C)(C)C)C(=O)NS(=O)(=O)C1CC1. The average molecular weight is 875 g/mol. The van der Waals surface area contributed by atoms with Crippen LogP contribution in [0.15, 0.2) is 67.3 Å². The Balaban J connectivity index is 1.21. The van der Waals surface area contributed by atoms with Gasteiger partial charge in [0.15, 0.2) is 6.10 Å². The van der Waals surface area contributed by atoms with Crippen molar-refractivity contribution < 1.29 is 56.1 Å². The molecule has 3 aromatic rings. The molecule has 62 heavy (non-hydrogen) atoms. The number of esters is 1. The largest absolute Gasteiger partial charge is 0.497 e. The second-order valence-electron chi connectivity index (χ2n) is 16.9. The number of cyclic esters (lactones) is 1. The summed E-state index contributed by atoms with van der Waals surface area (Å²) < 4.78 is 50.4. The Hall–Kier alpha value is -6.24. The fourth-order valence-electron chi connectivity index (χ4n) is 7.61. The summed E-state index contributed by atoms with van der Waals surface area (Å²) in [6.45, 7) is 7.95. The number of fused-ring (bicyclic) bond motifs is 1. The third-order valence-corrected chi connectivity index (χ3v) is 12.9. The molecule has 0 radical (unpaired) electrons. The predicted molar refractivity (Wildman–Crippen MR) is 223 cm³/mol.